The quantitative estimate of drug-likeness (QED) is 0.654. The van der Waals surface area contributed by atoms with E-state index in [4.69, 9.17) is 14.9 Å². The topological polar surface area (TPSA) is 71.0 Å². The van der Waals surface area contributed by atoms with Gasteiger partial charge < -0.3 is 25.0 Å². The van der Waals surface area contributed by atoms with E-state index >= 15 is 0 Å². The second-order valence-electron chi connectivity index (χ2n) is 3.81. The molecular formula is C12H17F2NO4. The fraction of sp³-hybridized carbons (Fsp3) is 0.500. The third-order valence-corrected chi connectivity index (χ3v) is 2.48. The molecule has 0 heterocycles. The second-order valence-corrected chi connectivity index (χ2v) is 3.81. The van der Waals surface area contributed by atoms with Crippen LogP contribution in [0.5, 0.6) is 11.5 Å². The van der Waals surface area contributed by atoms with Crippen molar-refractivity contribution >= 4 is 0 Å². The van der Waals surface area contributed by atoms with E-state index < -0.39 is 12.7 Å². The van der Waals surface area contributed by atoms with Crippen LogP contribution in [0.3, 0.4) is 0 Å². The average molecular weight is 277 g/mol. The summed E-state index contributed by atoms with van der Waals surface area (Å²) in [6.45, 7) is -3.06. The number of methoxy groups -OCH3 is 1. The molecule has 0 aliphatic carbocycles. The van der Waals surface area contributed by atoms with Crippen LogP contribution < -0.4 is 14.8 Å². The smallest absolute Gasteiger partial charge is 0.387 e. The van der Waals surface area contributed by atoms with Crippen LogP contribution in [0.1, 0.15) is 5.56 Å². The highest BCUT2D eigenvalue weighted by Crippen LogP contribution is 2.29. The van der Waals surface area contributed by atoms with Crippen molar-refractivity contribution in [3.63, 3.8) is 0 Å². The first-order valence-corrected chi connectivity index (χ1v) is 5.67. The van der Waals surface area contributed by atoms with Crippen molar-refractivity contribution in [1.29, 1.82) is 0 Å². The third-order valence-electron chi connectivity index (χ3n) is 2.48. The molecule has 0 radical (unpaired) electrons. The molecule has 1 aromatic rings. The third kappa shape index (κ3) is 4.98. The molecule has 0 amide bonds. The van der Waals surface area contributed by atoms with Crippen LogP contribution in [0, 0.1) is 0 Å². The van der Waals surface area contributed by atoms with Gasteiger partial charge in [-0.15, -0.1) is 0 Å². The van der Waals surface area contributed by atoms with Gasteiger partial charge in [0.15, 0.2) is 11.5 Å². The zero-order chi connectivity index (χ0) is 14.3. The minimum Gasteiger partial charge on any atom is -0.493 e. The SMILES string of the molecule is COc1ccc(CNC(CO)CO)cc1OC(F)F. The first-order chi connectivity index (χ1) is 9.10. The first kappa shape index (κ1) is 15.6. The lowest BCUT2D eigenvalue weighted by atomic mass is 10.2. The Labute approximate surface area is 109 Å². The molecule has 0 atom stereocenters. The molecule has 5 nitrogen and oxygen atoms in total. The summed E-state index contributed by atoms with van der Waals surface area (Å²) in [6.07, 6.45) is 0. The van der Waals surface area contributed by atoms with E-state index in [1.165, 1.54) is 19.2 Å². The van der Waals surface area contributed by atoms with Crippen molar-refractivity contribution in [1.82, 2.24) is 5.32 Å². The van der Waals surface area contributed by atoms with Gasteiger partial charge in [0.25, 0.3) is 0 Å². The summed E-state index contributed by atoms with van der Waals surface area (Å²) < 4.78 is 33.7. The van der Waals surface area contributed by atoms with E-state index in [0.29, 0.717) is 12.1 Å². The van der Waals surface area contributed by atoms with Crippen molar-refractivity contribution < 1.29 is 28.5 Å². The highest BCUT2D eigenvalue weighted by Gasteiger charge is 2.12. The summed E-state index contributed by atoms with van der Waals surface area (Å²) in [4.78, 5) is 0. The number of benzene rings is 1. The Hall–Kier alpha value is -1.44. The lowest BCUT2D eigenvalue weighted by Gasteiger charge is -2.15. The Morgan fingerprint density at radius 2 is 1.89 bits per heavy atom. The highest BCUT2D eigenvalue weighted by atomic mass is 19.3. The van der Waals surface area contributed by atoms with Gasteiger partial charge >= 0.3 is 6.61 Å². The molecular weight excluding hydrogens is 260 g/mol. The maximum atomic E-state index is 12.2. The maximum absolute atomic E-state index is 12.2. The van der Waals surface area contributed by atoms with Gasteiger partial charge in [0.2, 0.25) is 0 Å². The molecule has 0 aromatic heterocycles. The summed E-state index contributed by atoms with van der Waals surface area (Å²) in [5.41, 5.74) is 0.670. The fourth-order valence-corrected chi connectivity index (χ4v) is 1.47. The highest BCUT2D eigenvalue weighted by molar-refractivity contribution is 5.43. The largest absolute Gasteiger partial charge is 0.493 e. The Bertz CT molecular complexity index is 386. The molecule has 0 spiro atoms. The summed E-state index contributed by atoms with van der Waals surface area (Å²) in [7, 11) is 1.36. The zero-order valence-electron chi connectivity index (χ0n) is 10.5. The van der Waals surface area contributed by atoms with Gasteiger partial charge in [0.1, 0.15) is 0 Å². The number of rotatable bonds is 8. The van der Waals surface area contributed by atoms with Crippen LogP contribution >= 0.6 is 0 Å². The first-order valence-electron chi connectivity index (χ1n) is 5.67. The van der Waals surface area contributed by atoms with Crippen molar-refractivity contribution in [2.24, 2.45) is 0 Å². The minimum atomic E-state index is -2.93. The van der Waals surface area contributed by atoms with Gasteiger partial charge in [-0.25, -0.2) is 0 Å². The van der Waals surface area contributed by atoms with E-state index in [0.717, 1.165) is 0 Å². The number of hydrogen-bond acceptors (Lipinski definition) is 5. The van der Waals surface area contributed by atoms with Crippen molar-refractivity contribution in [2.45, 2.75) is 19.2 Å². The molecule has 0 bridgehead atoms. The van der Waals surface area contributed by atoms with Gasteiger partial charge in [0, 0.05) is 6.54 Å². The van der Waals surface area contributed by atoms with Crippen molar-refractivity contribution in [3.8, 4) is 11.5 Å². The van der Waals surface area contributed by atoms with Crippen LogP contribution in [-0.2, 0) is 6.54 Å². The molecule has 0 unspecified atom stereocenters. The Morgan fingerprint density at radius 1 is 1.21 bits per heavy atom. The molecule has 0 saturated carbocycles. The average Bonchev–Trinajstić information content (AvgIpc) is 2.39. The van der Waals surface area contributed by atoms with E-state index in [-0.39, 0.29) is 24.7 Å². The van der Waals surface area contributed by atoms with E-state index in [2.05, 4.69) is 10.1 Å². The summed E-state index contributed by atoms with van der Waals surface area (Å²) >= 11 is 0. The number of alkyl halides is 2. The molecule has 7 heteroatoms. The number of ether oxygens (including phenoxy) is 2. The number of halogens is 2. The summed E-state index contributed by atoms with van der Waals surface area (Å²) in [5, 5.41) is 20.7. The maximum Gasteiger partial charge on any atom is 0.387 e. The number of aliphatic hydroxyl groups excluding tert-OH is 2. The van der Waals surface area contributed by atoms with Crippen molar-refractivity contribution in [3.05, 3.63) is 23.8 Å². The normalized spacial score (nSPS) is 11.1. The number of hydrogen-bond donors (Lipinski definition) is 3. The van der Waals surface area contributed by atoms with Crippen LogP contribution in [-0.4, -0.2) is 43.2 Å². The Morgan fingerprint density at radius 3 is 2.42 bits per heavy atom. The van der Waals surface area contributed by atoms with Crippen LogP contribution in [0.25, 0.3) is 0 Å². The fourth-order valence-electron chi connectivity index (χ4n) is 1.47. The Kier molecular flexibility index (Phi) is 6.48. The lowest BCUT2D eigenvalue weighted by molar-refractivity contribution is -0.0512. The molecule has 1 aromatic carbocycles. The minimum absolute atomic E-state index is 0.0543. The van der Waals surface area contributed by atoms with Crippen molar-refractivity contribution in [2.75, 3.05) is 20.3 Å². The van der Waals surface area contributed by atoms with E-state index in [1.807, 2.05) is 0 Å². The van der Waals surface area contributed by atoms with Crippen LogP contribution in [0.15, 0.2) is 18.2 Å². The van der Waals surface area contributed by atoms with Gasteiger partial charge in [-0.2, -0.15) is 8.78 Å². The standard InChI is InChI=1S/C12H17F2NO4/c1-18-10-3-2-8(4-11(10)19-12(13)14)5-15-9(6-16)7-17/h2-4,9,12,15-17H,5-7H2,1H3. The summed E-state index contributed by atoms with van der Waals surface area (Å²) in [6, 6.07) is 4.16. The summed E-state index contributed by atoms with van der Waals surface area (Å²) in [5.74, 6) is 0.159. The molecule has 1 rings (SSSR count). The molecule has 3 N–H and O–H groups in total. The molecule has 0 saturated heterocycles. The molecule has 108 valence electrons. The predicted molar refractivity (Wildman–Crippen MR) is 64.4 cm³/mol. The molecule has 0 aliphatic rings. The van der Waals surface area contributed by atoms with Gasteiger partial charge in [-0.3, -0.25) is 0 Å². The Balaban J connectivity index is 2.74. The number of aliphatic hydroxyl groups is 2. The van der Waals surface area contributed by atoms with Gasteiger partial charge in [-0.1, -0.05) is 6.07 Å². The van der Waals surface area contributed by atoms with E-state index in [9.17, 15) is 8.78 Å². The second kappa shape index (κ2) is 7.88. The number of nitrogens with one attached hydrogen (secondary N) is 1. The van der Waals surface area contributed by atoms with Crippen LogP contribution in [0.2, 0.25) is 0 Å². The molecule has 0 fully saturated rings. The molecule has 19 heavy (non-hydrogen) atoms. The lowest BCUT2D eigenvalue weighted by Crippen LogP contribution is -2.35. The zero-order valence-corrected chi connectivity index (χ0v) is 10.5. The van der Waals surface area contributed by atoms with Gasteiger partial charge in [0.05, 0.1) is 26.4 Å². The monoisotopic (exact) mass is 277 g/mol. The molecule has 0 aliphatic heterocycles. The predicted octanol–water partition coefficient (Wildman–Crippen LogP) is 0.739. The van der Waals surface area contributed by atoms with E-state index in [1.54, 1.807) is 6.07 Å². The van der Waals surface area contributed by atoms with Crippen LogP contribution in [0.4, 0.5) is 8.78 Å². The van der Waals surface area contributed by atoms with Gasteiger partial charge in [-0.05, 0) is 17.7 Å².